The molecular weight excluding hydrogens is 405 g/mol. The van der Waals surface area contributed by atoms with Crippen LogP contribution >= 0.6 is 47.5 Å². The number of carbonyl (C=O) groups is 1. The molecule has 0 N–H and O–H groups in total. The number of benzene rings is 1. The van der Waals surface area contributed by atoms with Crippen molar-refractivity contribution in [3.8, 4) is 0 Å². The zero-order valence-corrected chi connectivity index (χ0v) is 15.2. The first-order chi connectivity index (χ1) is 9.17. The van der Waals surface area contributed by atoms with E-state index in [2.05, 4.69) is 40.0 Å². The molecule has 0 saturated heterocycles. The number of likely N-dealkylation sites (N-methyl/N-ethyl adjacent to an activating group) is 1. The van der Waals surface area contributed by atoms with E-state index in [1.807, 2.05) is 7.05 Å². The van der Waals surface area contributed by atoms with Crippen molar-refractivity contribution >= 4 is 53.5 Å². The predicted molar refractivity (Wildman–Crippen MR) is 95.1 cm³/mol. The SMILES string of the molecule is COC(=O)C1Cc2cccc(c2)C2(SC=CS2)N1C.I. The fourth-order valence-corrected chi connectivity index (χ4v) is 5.09. The molecule has 1 spiro atoms. The summed E-state index contributed by atoms with van der Waals surface area (Å²) in [6, 6.07) is 8.23. The molecule has 1 aromatic rings. The molecule has 0 fully saturated rings. The quantitative estimate of drug-likeness (QED) is 0.513. The first kappa shape index (κ1) is 16.2. The fraction of sp³-hybridized carbons (Fsp3) is 0.357. The van der Waals surface area contributed by atoms with E-state index in [1.165, 1.54) is 18.2 Å². The van der Waals surface area contributed by atoms with Crippen molar-refractivity contribution in [3.63, 3.8) is 0 Å². The highest BCUT2D eigenvalue weighted by molar-refractivity contribution is 14.0. The Morgan fingerprint density at radius 3 is 2.75 bits per heavy atom. The molecule has 20 heavy (non-hydrogen) atoms. The lowest BCUT2D eigenvalue weighted by atomic mass is 10.1. The maximum atomic E-state index is 12.1. The summed E-state index contributed by atoms with van der Waals surface area (Å²) in [7, 11) is 3.46. The van der Waals surface area contributed by atoms with Crippen LogP contribution in [0.3, 0.4) is 0 Å². The summed E-state index contributed by atoms with van der Waals surface area (Å²) in [6.45, 7) is 0. The molecule has 2 aliphatic heterocycles. The number of halogens is 1. The van der Waals surface area contributed by atoms with E-state index in [9.17, 15) is 4.79 Å². The zero-order valence-electron chi connectivity index (χ0n) is 11.2. The second-order valence-corrected chi connectivity index (χ2v) is 7.10. The van der Waals surface area contributed by atoms with Gasteiger partial charge in [0, 0.05) is 0 Å². The number of hydrogen-bond acceptors (Lipinski definition) is 5. The van der Waals surface area contributed by atoms with Gasteiger partial charge in [-0.05, 0) is 35.4 Å². The molecule has 0 saturated carbocycles. The van der Waals surface area contributed by atoms with Gasteiger partial charge in [-0.25, -0.2) is 0 Å². The van der Waals surface area contributed by atoms with Gasteiger partial charge >= 0.3 is 5.97 Å². The molecule has 1 atom stereocenters. The fourth-order valence-electron chi connectivity index (χ4n) is 2.61. The van der Waals surface area contributed by atoms with Crippen LogP contribution < -0.4 is 0 Å². The summed E-state index contributed by atoms with van der Waals surface area (Å²) in [6.07, 6.45) is 0.694. The topological polar surface area (TPSA) is 29.5 Å². The van der Waals surface area contributed by atoms with Gasteiger partial charge in [0.05, 0.1) is 7.11 Å². The van der Waals surface area contributed by atoms with Crippen molar-refractivity contribution in [2.45, 2.75) is 16.7 Å². The molecule has 1 unspecified atom stereocenters. The Kier molecular flexibility index (Phi) is 5.09. The monoisotopic (exact) mass is 421 g/mol. The molecule has 0 radical (unpaired) electrons. The van der Waals surface area contributed by atoms with Gasteiger partial charge < -0.3 is 4.74 Å². The number of ether oxygens (including phenoxy) is 1. The molecule has 2 aliphatic rings. The van der Waals surface area contributed by atoms with Crippen LogP contribution in [0.25, 0.3) is 0 Å². The molecule has 3 rings (SSSR count). The van der Waals surface area contributed by atoms with E-state index in [1.54, 1.807) is 23.5 Å². The number of rotatable bonds is 1. The number of fused-ring (bicyclic) bond motifs is 3. The number of carbonyl (C=O) groups excluding carboxylic acids is 1. The summed E-state index contributed by atoms with van der Waals surface area (Å²) < 4.78 is 4.73. The Hall–Kier alpha value is -0.180. The molecule has 0 aliphatic carbocycles. The van der Waals surface area contributed by atoms with E-state index in [4.69, 9.17) is 4.74 Å². The third-order valence-electron chi connectivity index (χ3n) is 3.64. The minimum Gasteiger partial charge on any atom is -0.468 e. The highest BCUT2D eigenvalue weighted by Crippen LogP contribution is 2.56. The lowest BCUT2D eigenvalue weighted by Gasteiger charge is -2.39. The minimum absolute atomic E-state index is 0. The summed E-state index contributed by atoms with van der Waals surface area (Å²) in [5, 5.41) is 4.18. The third kappa shape index (κ3) is 2.51. The number of nitrogens with zero attached hydrogens (tertiary/aromatic N) is 1. The van der Waals surface area contributed by atoms with E-state index in [0.717, 1.165) is 0 Å². The summed E-state index contributed by atoms with van der Waals surface area (Å²) in [5.41, 5.74) is 2.42. The number of esters is 1. The molecular formula is C14H16INO2S2. The Balaban J connectivity index is 0.00000147. The minimum atomic E-state index is -0.246. The van der Waals surface area contributed by atoms with Crippen molar-refractivity contribution in [1.82, 2.24) is 4.90 Å². The largest absolute Gasteiger partial charge is 0.468 e. The smallest absolute Gasteiger partial charge is 0.323 e. The number of thioether (sulfide) groups is 2. The van der Waals surface area contributed by atoms with Crippen molar-refractivity contribution in [1.29, 1.82) is 0 Å². The van der Waals surface area contributed by atoms with Crippen LogP contribution in [0.15, 0.2) is 35.1 Å². The maximum absolute atomic E-state index is 12.1. The lowest BCUT2D eigenvalue weighted by Crippen LogP contribution is -2.48. The molecule has 0 amide bonds. The molecule has 0 aromatic heterocycles. The molecule has 3 nitrogen and oxygen atoms in total. The van der Waals surface area contributed by atoms with Gasteiger partial charge in [-0.2, -0.15) is 0 Å². The summed E-state index contributed by atoms with van der Waals surface area (Å²) in [5.74, 6) is -0.169. The highest BCUT2D eigenvalue weighted by atomic mass is 127. The summed E-state index contributed by atoms with van der Waals surface area (Å²) >= 11 is 3.48. The highest BCUT2D eigenvalue weighted by Gasteiger charge is 2.46. The van der Waals surface area contributed by atoms with Crippen molar-refractivity contribution in [3.05, 3.63) is 46.2 Å². The van der Waals surface area contributed by atoms with Crippen molar-refractivity contribution in [2.24, 2.45) is 0 Å². The van der Waals surface area contributed by atoms with Crippen LogP contribution in [0.4, 0.5) is 0 Å². The average Bonchev–Trinajstić information content (AvgIpc) is 2.91. The standard InChI is InChI=1S/C14H15NO2S2.HI/c1-15-12(13(16)17-2)9-10-4-3-5-11(8-10)14(15)18-6-7-19-14;/h3-8,12H,9H2,1-2H3;1H. The van der Waals surface area contributed by atoms with Crippen LogP contribution in [0.1, 0.15) is 11.1 Å². The molecule has 6 heteroatoms. The van der Waals surface area contributed by atoms with Gasteiger partial charge in [0.15, 0.2) is 0 Å². The van der Waals surface area contributed by atoms with E-state index < -0.39 is 0 Å². The molecule has 108 valence electrons. The second-order valence-electron chi connectivity index (χ2n) is 4.64. The van der Waals surface area contributed by atoms with E-state index >= 15 is 0 Å². The van der Waals surface area contributed by atoms with Crippen molar-refractivity contribution < 1.29 is 9.53 Å². The normalized spacial score (nSPS) is 23.2. The van der Waals surface area contributed by atoms with Crippen LogP contribution in [-0.4, -0.2) is 31.1 Å². The number of methoxy groups -OCH3 is 1. The first-order valence-corrected chi connectivity index (χ1v) is 7.84. The van der Waals surface area contributed by atoms with Gasteiger partial charge in [0.25, 0.3) is 0 Å². The maximum Gasteiger partial charge on any atom is 0.323 e. The summed E-state index contributed by atoms with van der Waals surface area (Å²) in [4.78, 5) is 14.2. The molecule has 2 heterocycles. The second kappa shape index (κ2) is 6.29. The van der Waals surface area contributed by atoms with Gasteiger partial charge in [-0.15, -0.1) is 24.0 Å². The van der Waals surface area contributed by atoms with E-state index in [-0.39, 0.29) is 40.2 Å². The van der Waals surface area contributed by atoms with E-state index in [0.29, 0.717) is 6.42 Å². The van der Waals surface area contributed by atoms with Gasteiger partial charge in [-0.1, -0.05) is 47.8 Å². The van der Waals surface area contributed by atoms with Gasteiger partial charge in [-0.3, -0.25) is 9.69 Å². The number of hydrogen-bond donors (Lipinski definition) is 0. The molecule has 1 aromatic carbocycles. The average molecular weight is 421 g/mol. The van der Waals surface area contributed by atoms with Gasteiger partial charge in [0.2, 0.25) is 0 Å². The van der Waals surface area contributed by atoms with Crippen LogP contribution in [0.5, 0.6) is 0 Å². The van der Waals surface area contributed by atoms with Crippen LogP contribution in [0.2, 0.25) is 0 Å². The first-order valence-electron chi connectivity index (χ1n) is 6.08. The Bertz CT molecular complexity index is 542. The third-order valence-corrected chi connectivity index (χ3v) is 6.62. The van der Waals surface area contributed by atoms with Gasteiger partial charge in [0.1, 0.15) is 10.2 Å². The van der Waals surface area contributed by atoms with Crippen LogP contribution in [-0.2, 0) is 20.2 Å². The Morgan fingerprint density at radius 1 is 1.40 bits per heavy atom. The predicted octanol–water partition coefficient (Wildman–Crippen LogP) is 3.40. The van der Waals surface area contributed by atoms with Crippen LogP contribution in [0, 0.1) is 0 Å². The Morgan fingerprint density at radius 2 is 2.10 bits per heavy atom. The molecule has 2 bridgehead atoms. The zero-order chi connectivity index (χ0) is 13.5. The lowest BCUT2D eigenvalue weighted by molar-refractivity contribution is -0.146. The Labute approximate surface area is 144 Å². The van der Waals surface area contributed by atoms with Crippen molar-refractivity contribution in [2.75, 3.05) is 14.2 Å².